The normalized spacial score (nSPS) is 27.2. The van der Waals surface area contributed by atoms with Gasteiger partial charge in [-0.15, -0.1) is 22.7 Å². The summed E-state index contributed by atoms with van der Waals surface area (Å²) in [5.41, 5.74) is 6.11. The van der Waals surface area contributed by atoms with Gasteiger partial charge in [-0.25, -0.2) is 0 Å². The number of hydrogen-bond acceptors (Lipinski definition) is 4. The average Bonchev–Trinajstić information content (AvgIpc) is 2.94. The summed E-state index contributed by atoms with van der Waals surface area (Å²) >= 11 is 3.23. The zero-order chi connectivity index (χ0) is 14.7. The number of amides is 1. The van der Waals surface area contributed by atoms with E-state index in [2.05, 4.69) is 44.5 Å². The van der Waals surface area contributed by atoms with Gasteiger partial charge in [0.15, 0.2) is 0 Å². The minimum Gasteiger partial charge on any atom is -0.347 e. The molecule has 1 amide bonds. The number of hydrogen-bond donors (Lipinski definition) is 2. The van der Waals surface area contributed by atoms with Gasteiger partial charge in [-0.05, 0) is 17.5 Å². The van der Waals surface area contributed by atoms with Crippen LogP contribution in [0.1, 0.15) is 37.4 Å². The standard InChI is InChI=1S/C15H20N2OS2/c1-14(2)12(16)15(3,4)13(14)17-11(18)10-7-9-8(20-10)5-6-19-9/h5-7,12-13H,16H2,1-4H3,(H,17,18). The van der Waals surface area contributed by atoms with Gasteiger partial charge in [0.2, 0.25) is 0 Å². The molecule has 1 aliphatic rings. The van der Waals surface area contributed by atoms with Crippen LogP contribution in [0.25, 0.3) is 9.40 Å². The fraction of sp³-hybridized carbons (Fsp3) is 0.533. The van der Waals surface area contributed by atoms with Crippen molar-refractivity contribution < 1.29 is 4.79 Å². The molecule has 1 fully saturated rings. The van der Waals surface area contributed by atoms with Crippen molar-refractivity contribution in [3.63, 3.8) is 0 Å². The Labute approximate surface area is 127 Å². The molecule has 3 rings (SSSR count). The molecule has 0 aliphatic heterocycles. The summed E-state index contributed by atoms with van der Waals surface area (Å²) in [6.45, 7) is 8.50. The number of thiophene rings is 2. The monoisotopic (exact) mass is 308 g/mol. The maximum atomic E-state index is 12.5. The molecule has 108 valence electrons. The van der Waals surface area contributed by atoms with Crippen LogP contribution >= 0.6 is 22.7 Å². The summed E-state index contributed by atoms with van der Waals surface area (Å²) in [6, 6.07) is 4.26. The van der Waals surface area contributed by atoms with Crippen molar-refractivity contribution in [2.24, 2.45) is 16.6 Å². The third-order valence-electron chi connectivity index (χ3n) is 4.73. The summed E-state index contributed by atoms with van der Waals surface area (Å²) < 4.78 is 2.37. The Kier molecular flexibility index (Phi) is 3.01. The van der Waals surface area contributed by atoms with Crippen LogP contribution < -0.4 is 11.1 Å². The second-order valence-corrected chi connectivity index (χ2v) is 8.82. The van der Waals surface area contributed by atoms with E-state index in [0.29, 0.717) is 0 Å². The second kappa shape index (κ2) is 4.29. The highest BCUT2D eigenvalue weighted by atomic mass is 32.1. The van der Waals surface area contributed by atoms with Crippen LogP contribution in [0.15, 0.2) is 17.5 Å². The SMILES string of the molecule is CC1(C)C(N)C(C)(C)C1NC(=O)c1cc2sccc2s1. The summed E-state index contributed by atoms with van der Waals surface area (Å²) in [7, 11) is 0. The average molecular weight is 308 g/mol. The molecule has 1 aliphatic carbocycles. The maximum absolute atomic E-state index is 12.5. The van der Waals surface area contributed by atoms with Crippen molar-refractivity contribution in [3.05, 3.63) is 22.4 Å². The van der Waals surface area contributed by atoms with Gasteiger partial charge in [0.25, 0.3) is 5.91 Å². The zero-order valence-corrected chi connectivity index (χ0v) is 13.8. The Balaban J connectivity index is 1.81. The number of nitrogens with one attached hydrogen (secondary N) is 1. The van der Waals surface area contributed by atoms with E-state index in [-0.39, 0.29) is 28.8 Å². The maximum Gasteiger partial charge on any atom is 0.261 e. The van der Waals surface area contributed by atoms with E-state index in [0.717, 1.165) is 4.88 Å². The Hall–Kier alpha value is -0.910. The van der Waals surface area contributed by atoms with E-state index >= 15 is 0 Å². The van der Waals surface area contributed by atoms with Crippen molar-refractivity contribution in [1.29, 1.82) is 0 Å². The summed E-state index contributed by atoms with van der Waals surface area (Å²) in [5, 5.41) is 5.25. The van der Waals surface area contributed by atoms with Crippen LogP contribution in [0.2, 0.25) is 0 Å². The Morgan fingerprint density at radius 3 is 2.50 bits per heavy atom. The van der Waals surface area contributed by atoms with Crippen molar-refractivity contribution >= 4 is 38.0 Å². The van der Waals surface area contributed by atoms with E-state index in [4.69, 9.17) is 5.73 Å². The van der Waals surface area contributed by atoms with E-state index in [1.165, 1.54) is 9.40 Å². The summed E-state index contributed by atoms with van der Waals surface area (Å²) in [4.78, 5) is 13.3. The number of fused-ring (bicyclic) bond motifs is 1. The highest BCUT2D eigenvalue weighted by Gasteiger charge is 2.60. The molecule has 0 atom stereocenters. The predicted molar refractivity (Wildman–Crippen MR) is 86.5 cm³/mol. The highest BCUT2D eigenvalue weighted by molar-refractivity contribution is 7.27. The van der Waals surface area contributed by atoms with Crippen molar-refractivity contribution in [2.45, 2.75) is 39.8 Å². The van der Waals surface area contributed by atoms with E-state index in [1.807, 2.05) is 6.07 Å². The molecule has 0 bridgehead atoms. The van der Waals surface area contributed by atoms with Crippen LogP contribution in [0, 0.1) is 10.8 Å². The third-order valence-corrected chi connectivity index (χ3v) is 6.82. The summed E-state index contributed by atoms with van der Waals surface area (Å²) in [6.07, 6.45) is 0. The topological polar surface area (TPSA) is 55.1 Å². The fourth-order valence-electron chi connectivity index (χ4n) is 3.63. The molecule has 2 aromatic rings. The molecular weight excluding hydrogens is 288 g/mol. The number of nitrogens with two attached hydrogens (primary N) is 1. The first-order valence-electron chi connectivity index (χ1n) is 6.78. The lowest BCUT2D eigenvalue weighted by molar-refractivity contribution is -0.0663. The highest BCUT2D eigenvalue weighted by Crippen LogP contribution is 2.52. The smallest absolute Gasteiger partial charge is 0.261 e. The molecule has 20 heavy (non-hydrogen) atoms. The number of carbonyl (C=O) groups excluding carboxylic acids is 1. The van der Waals surface area contributed by atoms with Gasteiger partial charge in [-0.2, -0.15) is 0 Å². The molecular formula is C15H20N2OS2. The van der Waals surface area contributed by atoms with Gasteiger partial charge in [0.1, 0.15) is 0 Å². The molecule has 2 heterocycles. The zero-order valence-electron chi connectivity index (χ0n) is 12.2. The molecule has 0 spiro atoms. The van der Waals surface area contributed by atoms with Gasteiger partial charge >= 0.3 is 0 Å². The predicted octanol–water partition coefficient (Wildman–Crippen LogP) is 3.45. The molecule has 0 unspecified atom stereocenters. The van der Waals surface area contributed by atoms with Gasteiger partial charge < -0.3 is 11.1 Å². The number of carbonyl (C=O) groups is 1. The van der Waals surface area contributed by atoms with Gasteiger partial charge in [0, 0.05) is 32.3 Å². The Morgan fingerprint density at radius 2 is 1.90 bits per heavy atom. The summed E-state index contributed by atoms with van der Waals surface area (Å²) in [5.74, 6) is 0.0245. The van der Waals surface area contributed by atoms with Crippen molar-refractivity contribution in [1.82, 2.24) is 5.32 Å². The van der Waals surface area contributed by atoms with E-state index in [9.17, 15) is 4.79 Å². The number of rotatable bonds is 2. The van der Waals surface area contributed by atoms with Crippen LogP contribution in [0.3, 0.4) is 0 Å². The Morgan fingerprint density at radius 1 is 1.25 bits per heavy atom. The first kappa shape index (κ1) is 14.0. The molecule has 0 aromatic carbocycles. The second-order valence-electron chi connectivity index (χ2n) is 6.79. The quantitative estimate of drug-likeness (QED) is 0.892. The fourth-order valence-corrected chi connectivity index (χ4v) is 5.64. The van der Waals surface area contributed by atoms with E-state index < -0.39 is 0 Å². The van der Waals surface area contributed by atoms with Crippen LogP contribution in [-0.4, -0.2) is 18.0 Å². The molecule has 2 aromatic heterocycles. The lowest BCUT2D eigenvalue weighted by Crippen LogP contribution is -2.76. The minimum atomic E-state index is -0.0617. The molecule has 3 nitrogen and oxygen atoms in total. The molecule has 1 saturated carbocycles. The van der Waals surface area contributed by atoms with Crippen LogP contribution in [-0.2, 0) is 0 Å². The van der Waals surface area contributed by atoms with E-state index in [1.54, 1.807) is 22.7 Å². The lowest BCUT2D eigenvalue weighted by atomic mass is 9.48. The molecule has 0 radical (unpaired) electrons. The van der Waals surface area contributed by atoms with Gasteiger partial charge in [-0.3, -0.25) is 4.79 Å². The van der Waals surface area contributed by atoms with Crippen LogP contribution in [0.5, 0.6) is 0 Å². The largest absolute Gasteiger partial charge is 0.347 e. The van der Waals surface area contributed by atoms with Crippen LogP contribution in [0.4, 0.5) is 0 Å². The minimum absolute atomic E-state index is 0.0245. The first-order chi connectivity index (χ1) is 9.24. The molecule has 3 N–H and O–H groups in total. The Bertz CT molecular complexity index is 624. The van der Waals surface area contributed by atoms with Crippen molar-refractivity contribution in [2.75, 3.05) is 0 Å². The molecule has 0 saturated heterocycles. The van der Waals surface area contributed by atoms with Crippen molar-refractivity contribution in [3.8, 4) is 0 Å². The first-order valence-corrected chi connectivity index (χ1v) is 8.47. The molecule has 5 heteroatoms. The van der Waals surface area contributed by atoms with Gasteiger partial charge in [-0.1, -0.05) is 27.7 Å². The van der Waals surface area contributed by atoms with Gasteiger partial charge in [0.05, 0.1) is 4.88 Å². The lowest BCUT2D eigenvalue weighted by Gasteiger charge is -2.62. The third kappa shape index (κ3) is 1.84.